The van der Waals surface area contributed by atoms with Gasteiger partial charge in [-0.1, -0.05) is 0 Å². The van der Waals surface area contributed by atoms with Gasteiger partial charge in [-0.25, -0.2) is 27.0 Å². The van der Waals surface area contributed by atoms with Crippen LogP contribution in [-0.2, 0) is 27.0 Å². The van der Waals surface area contributed by atoms with E-state index in [1.165, 1.54) is 0 Å². The molecule has 2 heterocycles. The zero-order chi connectivity index (χ0) is 24.7. The van der Waals surface area contributed by atoms with Gasteiger partial charge in [0, 0.05) is 0 Å². The molecule has 0 saturated carbocycles. The predicted octanol–water partition coefficient (Wildman–Crippen LogP) is -0.399. The number of hydrogen-bond donors (Lipinski definition) is 6. The number of hydrogen-bond acceptors (Lipinski definition) is 11. The van der Waals surface area contributed by atoms with E-state index in [9.17, 15) is 33.2 Å². The van der Waals surface area contributed by atoms with Gasteiger partial charge in [0.2, 0.25) is 5.67 Å². The second kappa shape index (κ2) is 9.51. The second-order valence-corrected chi connectivity index (χ2v) is 12.5. The van der Waals surface area contributed by atoms with Crippen molar-refractivity contribution in [3.8, 4) is 0 Å². The molecular weight excluding hydrogens is 530 g/mol. The second-order valence-electron chi connectivity index (χ2n) is 6.32. The van der Waals surface area contributed by atoms with Gasteiger partial charge in [-0.15, -0.1) is 0 Å². The lowest BCUT2D eigenvalue weighted by atomic mass is 9.95. The lowest BCUT2D eigenvalue weighted by molar-refractivity contribution is -0.0917. The first-order valence-corrected chi connectivity index (χ1v) is 14.0. The predicted molar refractivity (Wildman–Crippen MR) is 102 cm³/mol. The highest BCUT2D eigenvalue weighted by Crippen LogP contribution is 2.68. The van der Waals surface area contributed by atoms with Crippen LogP contribution in [0, 0.1) is 0 Å². The molecule has 1 saturated heterocycles. The summed E-state index contributed by atoms with van der Waals surface area (Å²) in [5.41, 5.74) is 0.690. The van der Waals surface area contributed by atoms with Crippen LogP contribution < -0.4 is 11.4 Å². The van der Waals surface area contributed by atoms with Crippen molar-refractivity contribution in [3.63, 3.8) is 0 Å². The van der Waals surface area contributed by atoms with Gasteiger partial charge in [0.1, 0.15) is 24.7 Å². The average molecular weight is 548 g/mol. The maximum atomic E-state index is 15.2. The molecule has 7 atom stereocenters. The molecule has 0 radical (unpaired) electrons. The van der Waals surface area contributed by atoms with Crippen LogP contribution in [0.2, 0.25) is 0 Å². The van der Waals surface area contributed by atoms with E-state index in [0.29, 0.717) is 0 Å². The Kier molecular flexibility index (Phi) is 8.19. The number of nitrogens with two attached hydrogens (primary N) is 1. The number of aliphatic hydroxyl groups excluding tert-OH is 1. The Hall–Kier alpha value is -0.700. The Morgan fingerprint density at radius 3 is 2.44 bits per heavy atom. The summed E-state index contributed by atoms with van der Waals surface area (Å²) in [5, 5.41) is 13.7. The van der Waals surface area contributed by atoms with Crippen LogP contribution in [0.4, 0.5) is 14.6 Å². The highest BCUT2D eigenvalue weighted by atomic mass is 31.8. The van der Waals surface area contributed by atoms with Gasteiger partial charge < -0.3 is 35.2 Å². The fourth-order valence-electron chi connectivity index (χ4n) is 2.63. The van der Waals surface area contributed by atoms with Crippen molar-refractivity contribution >= 4 is 37.2 Å². The van der Waals surface area contributed by atoms with Crippen LogP contribution in [0.25, 0.3) is 0 Å². The maximum Gasteiger partial charge on any atom is 0.488 e. The van der Waals surface area contributed by atoms with Gasteiger partial charge in [0.15, 0.2) is 6.23 Å². The Bertz CT molecular complexity index is 1050. The smallest absolute Gasteiger partial charge is 0.387 e. The molecule has 1 aromatic heterocycles. The first kappa shape index (κ1) is 27.5. The monoisotopic (exact) mass is 548 g/mol. The largest absolute Gasteiger partial charge is 0.488 e. The number of nitrogens with zero attached hydrogens (tertiary/aromatic N) is 3. The minimum atomic E-state index is -5.59. The van der Waals surface area contributed by atoms with E-state index in [1.807, 2.05) is 0 Å². The van der Waals surface area contributed by atoms with Crippen molar-refractivity contribution in [2.24, 2.45) is 0 Å². The minimum Gasteiger partial charge on any atom is -0.387 e. The highest BCUT2D eigenvalue weighted by Gasteiger charge is 2.61. The Balaban J connectivity index is 2.25. The van der Waals surface area contributed by atoms with E-state index >= 15 is 4.39 Å². The molecule has 1 fully saturated rings. The SMILES string of the molecule is C[C@@H](OP(=O)(O)OP(=O)(O)OP(O)(O)=P)[C@H]1O[C@@H](n2ncc(N)nc2=O)C(F)(CF)[C@H]1O. The summed E-state index contributed by atoms with van der Waals surface area (Å²) < 4.78 is 69.8. The van der Waals surface area contributed by atoms with Crippen LogP contribution >= 0.6 is 31.4 Å². The molecule has 1 aliphatic rings. The standard InChI is InChI=1S/C10H18F2N4O12P4/c1-4(26-30(19,20)27-31(21,22)28-32(23,24)29)6-7(17)10(12,3-11)8(25-6)16-9(18)15-5(13)2-14-16/h2,4,6-8,17,23-24,29H,3H2,1H3,(H,19,20)(H,21,22)(H2,13,15,18)/t4-,6-,7+,8-,10?/m1/s1. The number of rotatable bonds is 9. The fraction of sp³-hybridized carbons (Fsp3) is 0.700. The highest BCUT2D eigenvalue weighted by molar-refractivity contribution is 7.91. The summed E-state index contributed by atoms with van der Waals surface area (Å²) in [6.07, 6.45) is -7.62. The number of aromatic nitrogens is 3. The van der Waals surface area contributed by atoms with E-state index in [0.717, 1.165) is 13.1 Å². The minimum absolute atomic E-state index is 0.234. The van der Waals surface area contributed by atoms with Gasteiger partial charge in [0.25, 0.3) is 7.23 Å². The number of aliphatic hydroxyl groups is 1. The van der Waals surface area contributed by atoms with Crippen molar-refractivity contribution in [2.45, 2.75) is 37.1 Å². The van der Waals surface area contributed by atoms with Crippen molar-refractivity contribution < 1.29 is 60.5 Å². The third-order valence-electron chi connectivity index (χ3n) is 3.85. The van der Waals surface area contributed by atoms with Crippen LogP contribution in [-0.4, -0.2) is 70.1 Å². The number of anilines is 1. The van der Waals surface area contributed by atoms with Crippen molar-refractivity contribution in [1.29, 1.82) is 0 Å². The van der Waals surface area contributed by atoms with Gasteiger partial charge in [0.05, 0.1) is 12.3 Å². The zero-order valence-electron chi connectivity index (χ0n) is 15.7. The number of ether oxygens (including phenoxy) is 1. The summed E-state index contributed by atoms with van der Waals surface area (Å²) in [6, 6.07) is 0. The van der Waals surface area contributed by atoms with Crippen molar-refractivity contribution in [3.05, 3.63) is 16.7 Å². The van der Waals surface area contributed by atoms with Gasteiger partial charge in [-0.05, 0) is 15.5 Å². The molecule has 0 bridgehead atoms. The normalized spacial score (nSPS) is 31.1. The quantitative estimate of drug-likeness (QED) is 0.215. The molecule has 7 N–H and O–H groups in total. The molecule has 32 heavy (non-hydrogen) atoms. The van der Waals surface area contributed by atoms with E-state index in [4.69, 9.17) is 20.3 Å². The Morgan fingerprint density at radius 1 is 1.34 bits per heavy atom. The van der Waals surface area contributed by atoms with Gasteiger partial charge in [-0.2, -0.15) is 19.1 Å². The summed E-state index contributed by atoms with van der Waals surface area (Å²) in [7, 11) is -13.6. The third kappa shape index (κ3) is 6.45. The van der Waals surface area contributed by atoms with Crippen LogP contribution in [0.3, 0.4) is 0 Å². The number of nitrogen functional groups attached to an aromatic ring is 1. The topological polar surface area (TPSA) is 246 Å². The average Bonchev–Trinajstić information content (AvgIpc) is 2.84. The van der Waals surface area contributed by atoms with Crippen molar-refractivity contribution in [2.75, 3.05) is 12.4 Å². The molecule has 0 amide bonds. The molecule has 184 valence electrons. The van der Waals surface area contributed by atoms with Gasteiger partial charge >= 0.3 is 21.3 Å². The number of phosphoric ester groups is 1. The van der Waals surface area contributed by atoms with Crippen LogP contribution in [0.15, 0.2) is 11.0 Å². The number of halogens is 2. The summed E-state index contributed by atoms with van der Waals surface area (Å²) in [4.78, 5) is 52.0. The number of phosphoric acid groups is 2. The van der Waals surface area contributed by atoms with Crippen molar-refractivity contribution in [1.82, 2.24) is 14.8 Å². The summed E-state index contributed by atoms with van der Waals surface area (Å²) >= 11 is 0. The van der Waals surface area contributed by atoms with E-state index in [2.05, 4.69) is 31.8 Å². The summed E-state index contributed by atoms with van der Waals surface area (Å²) in [5.74, 6) is -0.350. The maximum absolute atomic E-state index is 15.2. The van der Waals surface area contributed by atoms with Crippen LogP contribution in [0.1, 0.15) is 13.2 Å². The first-order chi connectivity index (χ1) is 14.4. The van der Waals surface area contributed by atoms with Crippen LogP contribution in [0.5, 0.6) is 0 Å². The molecule has 22 heteroatoms. The molecule has 1 aromatic rings. The molecule has 1 aliphatic heterocycles. The Labute approximate surface area is 179 Å². The van der Waals surface area contributed by atoms with E-state index < -0.39 is 65.4 Å². The fourth-order valence-corrected chi connectivity index (χ4v) is 6.83. The lowest BCUT2D eigenvalue weighted by Crippen LogP contribution is -2.48. The number of alkyl halides is 2. The molecule has 0 aliphatic carbocycles. The first-order valence-electron chi connectivity index (χ1n) is 8.07. The molecule has 2 rings (SSSR count). The Morgan fingerprint density at radius 2 is 1.94 bits per heavy atom. The molecule has 0 spiro atoms. The lowest BCUT2D eigenvalue weighted by Gasteiger charge is -2.26. The molecule has 0 aromatic carbocycles. The van der Waals surface area contributed by atoms with Gasteiger partial charge in [-0.3, -0.25) is 4.52 Å². The summed E-state index contributed by atoms with van der Waals surface area (Å²) in [6.45, 7) is -1.00. The molecular formula is C10H18F2N4O12P4. The third-order valence-corrected chi connectivity index (χ3v) is 8.57. The van der Waals surface area contributed by atoms with E-state index in [1.54, 1.807) is 0 Å². The molecule has 3 unspecified atom stereocenters. The zero-order valence-corrected chi connectivity index (χ0v) is 19.4. The molecule has 16 nitrogen and oxygen atoms in total. The van der Waals surface area contributed by atoms with E-state index in [-0.39, 0.29) is 10.5 Å².